The first-order chi connectivity index (χ1) is 7.24. The number of rotatable bonds is 2. The Balaban J connectivity index is 2.71. The minimum atomic E-state index is 0.658. The number of pyridine rings is 1. The average molecular weight is 201 g/mol. The quantitative estimate of drug-likeness (QED) is 0.744. The molecule has 0 fully saturated rings. The van der Waals surface area contributed by atoms with Crippen LogP contribution in [0.2, 0.25) is 0 Å². The molecule has 0 atom stereocenters. The van der Waals surface area contributed by atoms with Crippen molar-refractivity contribution >= 4 is 10.9 Å². The molecule has 0 saturated heterocycles. The van der Waals surface area contributed by atoms with Crippen molar-refractivity contribution < 1.29 is 4.74 Å². The van der Waals surface area contributed by atoms with Crippen molar-refractivity contribution in [1.82, 2.24) is 4.98 Å². The van der Waals surface area contributed by atoms with Crippen molar-refractivity contribution in [2.45, 2.75) is 20.8 Å². The van der Waals surface area contributed by atoms with Crippen LogP contribution in [-0.2, 0) is 0 Å². The van der Waals surface area contributed by atoms with Crippen LogP contribution in [0.1, 0.15) is 18.1 Å². The molecule has 78 valence electrons. The van der Waals surface area contributed by atoms with Crippen LogP contribution in [-0.4, -0.2) is 11.6 Å². The molecule has 0 aliphatic carbocycles. The summed E-state index contributed by atoms with van der Waals surface area (Å²) in [5, 5.41) is 1.21. The number of nitrogens with zero attached hydrogens (tertiary/aromatic N) is 1. The fraction of sp³-hybridized carbons (Fsp3) is 0.308. The van der Waals surface area contributed by atoms with Crippen molar-refractivity contribution in [1.29, 1.82) is 0 Å². The Morgan fingerprint density at radius 3 is 2.60 bits per heavy atom. The van der Waals surface area contributed by atoms with Gasteiger partial charge in [0.1, 0.15) is 0 Å². The predicted octanol–water partition coefficient (Wildman–Crippen LogP) is 3.25. The van der Waals surface area contributed by atoms with E-state index in [4.69, 9.17) is 4.74 Å². The molecule has 1 aromatic heterocycles. The van der Waals surface area contributed by atoms with Crippen LogP contribution >= 0.6 is 0 Å². The molecule has 1 aromatic carbocycles. The Kier molecular flexibility index (Phi) is 2.58. The van der Waals surface area contributed by atoms with Gasteiger partial charge in [-0.15, -0.1) is 0 Å². The van der Waals surface area contributed by atoms with Gasteiger partial charge in [0.05, 0.1) is 12.1 Å². The zero-order valence-corrected chi connectivity index (χ0v) is 9.37. The van der Waals surface area contributed by atoms with Gasteiger partial charge in [0.25, 0.3) is 0 Å². The van der Waals surface area contributed by atoms with Crippen molar-refractivity contribution in [3.05, 3.63) is 35.4 Å². The number of fused-ring (bicyclic) bond motifs is 1. The van der Waals surface area contributed by atoms with E-state index in [9.17, 15) is 0 Å². The van der Waals surface area contributed by atoms with Crippen LogP contribution in [0, 0.1) is 13.8 Å². The van der Waals surface area contributed by atoms with Gasteiger partial charge in [-0.05, 0) is 32.4 Å². The Hall–Kier alpha value is -1.57. The lowest BCUT2D eigenvalue weighted by Gasteiger charge is -2.11. The average Bonchev–Trinajstić information content (AvgIpc) is 2.26. The molecule has 2 aromatic rings. The van der Waals surface area contributed by atoms with Crippen molar-refractivity contribution in [2.75, 3.05) is 6.61 Å². The largest absolute Gasteiger partial charge is 0.478 e. The molecular formula is C13H15NO. The van der Waals surface area contributed by atoms with Crippen LogP contribution in [0.4, 0.5) is 0 Å². The Labute approximate surface area is 89.9 Å². The van der Waals surface area contributed by atoms with Crippen LogP contribution in [0.15, 0.2) is 24.3 Å². The van der Waals surface area contributed by atoms with Gasteiger partial charge in [-0.25, -0.2) is 4.98 Å². The predicted molar refractivity (Wildman–Crippen MR) is 62.4 cm³/mol. The smallest absolute Gasteiger partial charge is 0.217 e. The summed E-state index contributed by atoms with van der Waals surface area (Å²) >= 11 is 0. The molecule has 2 nitrogen and oxygen atoms in total. The zero-order chi connectivity index (χ0) is 10.8. The number of para-hydroxylation sites is 1. The van der Waals surface area contributed by atoms with E-state index in [1.165, 1.54) is 10.9 Å². The third kappa shape index (κ3) is 1.67. The van der Waals surface area contributed by atoms with Crippen molar-refractivity contribution in [3.63, 3.8) is 0 Å². The molecule has 1 heterocycles. The van der Waals surface area contributed by atoms with Gasteiger partial charge in [0.15, 0.2) is 0 Å². The molecule has 2 rings (SSSR count). The maximum absolute atomic E-state index is 5.51. The molecule has 0 amide bonds. The van der Waals surface area contributed by atoms with E-state index >= 15 is 0 Å². The van der Waals surface area contributed by atoms with Gasteiger partial charge in [-0.1, -0.05) is 18.2 Å². The summed E-state index contributed by atoms with van der Waals surface area (Å²) in [5.74, 6) is 0.758. The van der Waals surface area contributed by atoms with E-state index < -0.39 is 0 Å². The van der Waals surface area contributed by atoms with Gasteiger partial charge in [0, 0.05) is 10.9 Å². The second kappa shape index (κ2) is 3.89. The van der Waals surface area contributed by atoms with E-state index in [0.29, 0.717) is 6.61 Å². The molecule has 0 saturated carbocycles. The topological polar surface area (TPSA) is 22.1 Å². The summed E-state index contributed by atoms with van der Waals surface area (Å²) in [4.78, 5) is 4.50. The van der Waals surface area contributed by atoms with E-state index in [1.807, 2.05) is 25.1 Å². The monoisotopic (exact) mass is 201 g/mol. The summed E-state index contributed by atoms with van der Waals surface area (Å²) in [5.41, 5.74) is 3.39. The number of hydrogen-bond donors (Lipinski definition) is 0. The minimum Gasteiger partial charge on any atom is -0.478 e. The number of aryl methyl sites for hydroxylation is 1. The van der Waals surface area contributed by atoms with E-state index in [1.54, 1.807) is 0 Å². The molecule has 0 bridgehead atoms. The van der Waals surface area contributed by atoms with Crippen LogP contribution < -0.4 is 4.74 Å². The van der Waals surface area contributed by atoms with Crippen LogP contribution in [0.5, 0.6) is 5.88 Å². The summed E-state index contributed by atoms with van der Waals surface area (Å²) < 4.78 is 5.51. The minimum absolute atomic E-state index is 0.658. The lowest BCUT2D eigenvalue weighted by atomic mass is 10.1. The molecule has 15 heavy (non-hydrogen) atoms. The first-order valence-corrected chi connectivity index (χ1v) is 5.22. The maximum atomic E-state index is 5.51. The van der Waals surface area contributed by atoms with E-state index in [0.717, 1.165) is 17.0 Å². The fourth-order valence-electron chi connectivity index (χ4n) is 1.72. The molecule has 0 spiro atoms. The van der Waals surface area contributed by atoms with E-state index in [-0.39, 0.29) is 0 Å². The third-order valence-corrected chi connectivity index (χ3v) is 2.69. The Bertz CT molecular complexity index is 491. The molecule has 0 N–H and O–H groups in total. The summed E-state index contributed by atoms with van der Waals surface area (Å²) in [6.07, 6.45) is 0. The highest BCUT2D eigenvalue weighted by molar-refractivity contribution is 5.83. The Morgan fingerprint density at radius 1 is 1.13 bits per heavy atom. The zero-order valence-electron chi connectivity index (χ0n) is 9.37. The number of aromatic nitrogens is 1. The van der Waals surface area contributed by atoms with Gasteiger partial charge < -0.3 is 4.74 Å². The second-order valence-corrected chi connectivity index (χ2v) is 3.62. The van der Waals surface area contributed by atoms with Gasteiger partial charge in [0.2, 0.25) is 5.88 Å². The van der Waals surface area contributed by atoms with Gasteiger partial charge in [-0.3, -0.25) is 0 Å². The van der Waals surface area contributed by atoms with Gasteiger partial charge >= 0.3 is 0 Å². The normalized spacial score (nSPS) is 10.6. The highest BCUT2D eigenvalue weighted by Gasteiger charge is 2.08. The van der Waals surface area contributed by atoms with Crippen LogP contribution in [0.3, 0.4) is 0 Å². The SMILES string of the molecule is CCOc1nc2ccccc2c(C)c1C. The molecule has 0 unspecified atom stereocenters. The highest BCUT2D eigenvalue weighted by Crippen LogP contribution is 2.26. The number of benzene rings is 1. The third-order valence-electron chi connectivity index (χ3n) is 2.69. The molecule has 0 aliphatic rings. The summed E-state index contributed by atoms with van der Waals surface area (Å²) in [7, 11) is 0. The number of hydrogen-bond acceptors (Lipinski definition) is 2. The summed E-state index contributed by atoms with van der Waals surface area (Å²) in [6, 6.07) is 8.15. The van der Waals surface area contributed by atoms with E-state index in [2.05, 4.69) is 24.9 Å². The molecule has 0 radical (unpaired) electrons. The molecule has 2 heteroatoms. The highest BCUT2D eigenvalue weighted by atomic mass is 16.5. The first-order valence-electron chi connectivity index (χ1n) is 5.22. The van der Waals surface area contributed by atoms with Crippen LogP contribution in [0.25, 0.3) is 10.9 Å². The first kappa shape index (κ1) is 9.97. The molecule has 0 aliphatic heterocycles. The van der Waals surface area contributed by atoms with Crippen molar-refractivity contribution in [2.24, 2.45) is 0 Å². The summed E-state index contributed by atoms with van der Waals surface area (Å²) in [6.45, 7) is 6.80. The number of ether oxygens (including phenoxy) is 1. The fourth-order valence-corrected chi connectivity index (χ4v) is 1.72. The maximum Gasteiger partial charge on any atom is 0.217 e. The Morgan fingerprint density at radius 2 is 1.87 bits per heavy atom. The lowest BCUT2D eigenvalue weighted by molar-refractivity contribution is 0.325. The molecular weight excluding hydrogens is 186 g/mol. The second-order valence-electron chi connectivity index (χ2n) is 3.62. The van der Waals surface area contributed by atoms with Gasteiger partial charge in [-0.2, -0.15) is 0 Å². The standard InChI is InChI=1S/C13H15NO/c1-4-15-13-10(3)9(2)11-7-5-6-8-12(11)14-13/h5-8H,4H2,1-3H3. The lowest BCUT2D eigenvalue weighted by Crippen LogP contribution is -1.99. The van der Waals surface area contributed by atoms with Crippen molar-refractivity contribution in [3.8, 4) is 5.88 Å².